The smallest absolute Gasteiger partial charge is 0.311 e. The van der Waals surface area contributed by atoms with E-state index in [9.17, 15) is 4.79 Å². The van der Waals surface area contributed by atoms with E-state index in [4.69, 9.17) is 27.4 Å². The Morgan fingerprint density at radius 3 is 2.29 bits per heavy atom. The van der Waals surface area contributed by atoms with Crippen LogP contribution in [-0.2, 0) is 27.3 Å². The first-order valence-corrected chi connectivity index (χ1v) is 10.9. The molecule has 0 saturated carbocycles. The van der Waals surface area contributed by atoms with Gasteiger partial charge in [-0.05, 0) is 87.6 Å². The molecule has 0 aromatic heterocycles. The third-order valence-electron chi connectivity index (χ3n) is 5.04. The normalized spacial score (nSPS) is 12.2. The summed E-state index contributed by atoms with van der Waals surface area (Å²) in [5.74, 6) is -0.147. The van der Waals surface area contributed by atoms with Crippen LogP contribution < -0.4 is 11.1 Å². The first-order chi connectivity index (χ1) is 14.5. The largest absolute Gasteiger partial charge is 0.466 e. The molecule has 31 heavy (non-hydrogen) atoms. The summed E-state index contributed by atoms with van der Waals surface area (Å²) in [6.07, 6.45) is 0.770. The van der Waals surface area contributed by atoms with E-state index in [0.717, 1.165) is 12.0 Å². The van der Waals surface area contributed by atoms with Gasteiger partial charge in [0.15, 0.2) is 0 Å². The van der Waals surface area contributed by atoms with Crippen LogP contribution in [0.1, 0.15) is 43.0 Å². The van der Waals surface area contributed by atoms with Crippen LogP contribution in [-0.4, -0.2) is 24.3 Å². The molecule has 1 unspecified atom stereocenters. The number of rotatable bonds is 8. The predicted molar refractivity (Wildman–Crippen MR) is 130 cm³/mol. The molecule has 0 aliphatic carbocycles. The van der Waals surface area contributed by atoms with E-state index < -0.39 is 5.41 Å². The number of carbonyl (C=O) groups excluding carboxylic acids is 1. The van der Waals surface area contributed by atoms with Crippen LogP contribution in [0.5, 0.6) is 0 Å². The summed E-state index contributed by atoms with van der Waals surface area (Å²) in [6, 6.07) is 13.9. The summed E-state index contributed by atoms with van der Waals surface area (Å²) in [7, 11) is 0. The van der Waals surface area contributed by atoms with Crippen molar-refractivity contribution in [1.82, 2.24) is 5.32 Å². The van der Waals surface area contributed by atoms with Gasteiger partial charge in [-0.15, -0.1) is 0 Å². The highest BCUT2D eigenvalue weighted by atomic mass is 32.1. The number of hydrogen-bond acceptors (Lipinski definition) is 5. The average molecular weight is 443 g/mol. The molecule has 2 aromatic rings. The number of hydrogen-bond donors (Lipinski definition) is 2. The highest BCUT2D eigenvalue weighted by molar-refractivity contribution is 7.80. The number of anilines is 1. The lowest BCUT2D eigenvalue weighted by Crippen LogP contribution is -2.34. The lowest BCUT2D eigenvalue weighted by molar-refractivity contribution is -0.154. The van der Waals surface area contributed by atoms with Crippen LogP contribution in [0, 0.1) is 25.2 Å². The monoisotopic (exact) mass is 442 g/mol. The second kappa shape index (κ2) is 11.1. The fourth-order valence-corrected chi connectivity index (χ4v) is 3.05. The molecule has 0 aliphatic heterocycles. The van der Waals surface area contributed by atoms with E-state index in [1.165, 1.54) is 16.7 Å². The van der Waals surface area contributed by atoms with E-state index in [1.807, 2.05) is 45.0 Å². The number of carbonyl (C=O) groups is 1. The standard InChI is InChI=1S/C25H34N2O3S/c1-17-6-7-20(12-18(17)2)13-21(16-29-23(28)25(3,4)5)14-27-24(31)30-15-19-8-10-22(26)11-9-19/h6-12,21H,13-16,26H2,1-5H3,(H,27,31). The van der Waals surface area contributed by atoms with Crippen molar-refractivity contribution in [2.24, 2.45) is 11.3 Å². The quantitative estimate of drug-likeness (QED) is 0.350. The van der Waals surface area contributed by atoms with Crippen molar-refractivity contribution in [3.63, 3.8) is 0 Å². The van der Waals surface area contributed by atoms with Gasteiger partial charge in [-0.25, -0.2) is 0 Å². The Labute approximate surface area is 191 Å². The van der Waals surface area contributed by atoms with Gasteiger partial charge < -0.3 is 20.5 Å². The van der Waals surface area contributed by atoms with Crippen LogP contribution in [0.25, 0.3) is 0 Å². The van der Waals surface area contributed by atoms with Gasteiger partial charge in [-0.3, -0.25) is 4.79 Å². The summed E-state index contributed by atoms with van der Waals surface area (Å²) in [5.41, 5.74) is 10.6. The van der Waals surface area contributed by atoms with Gasteiger partial charge >= 0.3 is 5.97 Å². The van der Waals surface area contributed by atoms with Gasteiger partial charge in [-0.1, -0.05) is 30.3 Å². The number of esters is 1. The van der Waals surface area contributed by atoms with Gasteiger partial charge in [0.05, 0.1) is 12.0 Å². The minimum absolute atomic E-state index is 0.0616. The minimum Gasteiger partial charge on any atom is -0.466 e. The van der Waals surface area contributed by atoms with Crippen LogP contribution in [0.3, 0.4) is 0 Å². The second-order valence-electron chi connectivity index (χ2n) is 9.04. The number of aryl methyl sites for hydroxylation is 2. The van der Waals surface area contributed by atoms with Crippen LogP contribution in [0.2, 0.25) is 0 Å². The first kappa shape index (κ1) is 24.7. The van der Waals surface area contributed by atoms with E-state index in [0.29, 0.717) is 30.6 Å². The average Bonchev–Trinajstić information content (AvgIpc) is 2.71. The summed E-state index contributed by atoms with van der Waals surface area (Å²) in [4.78, 5) is 12.2. The summed E-state index contributed by atoms with van der Waals surface area (Å²) >= 11 is 5.33. The first-order valence-electron chi connectivity index (χ1n) is 10.5. The Morgan fingerprint density at radius 1 is 1.03 bits per heavy atom. The van der Waals surface area contributed by atoms with Crippen molar-refractivity contribution in [2.45, 2.75) is 47.6 Å². The Hall–Kier alpha value is -2.60. The van der Waals surface area contributed by atoms with E-state index in [1.54, 1.807) is 0 Å². The van der Waals surface area contributed by atoms with Crippen molar-refractivity contribution in [1.29, 1.82) is 0 Å². The molecule has 6 heteroatoms. The van der Waals surface area contributed by atoms with Crippen LogP contribution >= 0.6 is 12.2 Å². The zero-order valence-corrected chi connectivity index (χ0v) is 20.0. The van der Waals surface area contributed by atoms with E-state index >= 15 is 0 Å². The number of nitrogen functional groups attached to an aromatic ring is 1. The zero-order chi connectivity index (χ0) is 23.0. The van der Waals surface area contributed by atoms with E-state index in [2.05, 4.69) is 37.4 Å². The predicted octanol–water partition coefficient (Wildman–Crippen LogP) is 4.72. The van der Waals surface area contributed by atoms with Gasteiger partial charge in [0.2, 0.25) is 0 Å². The number of ether oxygens (including phenoxy) is 2. The number of nitrogens with two attached hydrogens (primary N) is 1. The number of thiocarbonyl (C=S) groups is 1. The third kappa shape index (κ3) is 8.58. The lowest BCUT2D eigenvalue weighted by atomic mass is 9.96. The van der Waals surface area contributed by atoms with Crippen molar-refractivity contribution in [3.05, 3.63) is 64.7 Å². The molecule has 0 radical (unpaired) electrons. The Bertz CT molecular complexity index is 889. The van der Waals surface area contributed by atoms with Gasteiger partial charge in [0.25, 0.3) is 5.17 Å². The molecule has 168 valence electrons. The summed E-state index contributed by atoms with van der Waals surface area (Å²) in [6.45, 7) is 11.0. The van der Waals surface area contributed by atoms with Gasteiger partial charge in [0, 0.05) is 18.2 Å². The second-order valence-corrected chi connectivity index (χ2v) is 9.41. The Morgan fingerprint density at radius 2 is 1.68 bits per heavy atom. The SMILES string of the molecule is Cc1ccc(CC(CNC(=S)OCc2ccc(N)cc2)COC(=O)C(C)(C)C)cc1C. The maximum absolute atomic E-state index is 12.2. The molecule has 2 rings (SSSR count). The maximum atomic E-state index is 12.2. The molecule has 3 N–H and O–H groups in total. The van der Waals surface area contributed by atoms with Crippen molar-refractivity contribution in [3.8, 4) is 0 Å². The minimum atomic E-state index is -0.532. The van der Waals surface area contributed by atoms with Crippen LogP contribution in [0.15, 0.2) is 42.5 Å². The topological polar surface area (TPSA) is 73.6 Å². The molecule has 5 nitrogen and oxygen atoms in total. The fraction of sp³-hybridized carbons (Fsp3) is 0.440. The van der Waals surface area contributed by atoms with Crippen molar-refractivity contribution in [2.75, 3.05) is 18.9 Å². The maximum Gasteiger partial charge on any atom is 0.311 e. The number of nitrogens with one attached hydrogen (secondary N) is 1. The molecular formula is C25H34N2O3S. The Balaban J connectivity index is 1.94. The van der Waals surface area contributed by atoms with Gasteiger partial charge in [-0.2, -0.15) is 0 Å². The van der Waals surface area contributed by atoms with Crippen molar-refractivity contribution >= 4 is 29.0 Å². The number of benzene rings is 2. The summed E-state index contributed by atoms with van der Waals surface area (Å²) in [5, 5.41) is 3.49. The third-order valence-corrected chi connectivity index (χ3v) is 5.31. The summed E-state index contributed by atoms with van der Waals surface area (Å²) < 4.78 is 11.2. The molecule has 0 amide bonds. The molecule has 0 spiro atoms. The molecule has 1 atom stereocenters. The van der Waals surface area contributed by atoms with Gasteiger partial charge in [0.1, 0.15) is 6.61 Å². The zero-order valence-electron chi connectivity index (χ0n) is 19.2. The van der Waals surface area contributed by atoms with Crippen LogP contribution in [0.4, 0.5) is 5.69 Å². The fourth-order valence-electron chi connectivity index (χ4n) is 2.91. The molecular weight excluding hydrogens is 408 g/mol. The van der Waals surface area contributed by atoms with Crippen molar-refractivity contribution < 1.29 is 14.3 Å². The lowest BCUT2D eigenvalue weighted by Gasteiger charge is -2.22. The molecule has 0 fully saturated rings. The molecule has 0 bridgehead atoms. The highest BCUT2D eigenvalue weighted by Gasteiger charge is 2.24. The Kier molecular flexibility index (Phi) is 8.87. The van der Waals surface area contributed by atoms with E-state index in [-0.39, 0.29) is 11.9 Å². The molecule has 2 aromatic carbocycles. The molecule has 0 heterocycles. The molecule has 0 saturated heterocycles. The molecule has 0 aliphatic rings. The highest BCUT2D eigenvalue weighted by Crippen LogP contribution is 2.18.